The number of carboxylic acids is 1. The average molecular weight is 261 g/mol. The maximum Gasteiger partial charge on any atom is 0.320 e. The van der Waals surface area contributed by atoms with Crippen LogP contribution in [0.3, 0.4) is 0 Å². The monoisotopic (exact) mass is 261 g/mol. The molecule has 1 atom stereocenters. The molecule has 0 aromatic heterocycles. The van der Waals surface area contributed by atoms with Crippen LogP contribution in [0.2, 0.25) is 0 Å². The van der Waals surface area contributed by atoms with Crippen molar-refractivity contribution in [2.24, 2.45) is 10.7 Å². The van der Waals surface area contributed by atoms with E-state index in [1.54, 1.807) is 18.3 Å². The van der Waals surface area contributed by atoms with Crippen molar-refractivity contribution in [3.05, 3.63) is 0 Å². The van der Waals surface area contributed by atoms with Crippen molar-refractivity contribution >= 4 is 24.3 Å². The Morgan fingerprint density at radius 2 is 2.29 bits per heavy atom. The minimum atomic E-state index is -0.928. The van der Waals surface area contributed by atoms with E-state index in [4.69, 9.17) is 10.8 Å². The van der Waals surface area contributed by atoms with Gasteiger partial charge in [-0.2, -0.15) is 0 Å². The van der Waals surface area contributed by atoms with Gasteiger partial charge in [0.2, 0.25) is 0 Å². The SMILES string of the molecule is CCCCSNC=NCCCC[C@@H](N)C(=O)O. The Morgan fingerprint density at radius 3 is 2.94 bits per heavy atom. The van der Waals surface area contributed by atoms with Gasteiger partial charge in [-0.25, -0.2) is 0 Å². The number of rotatable bonds is 11. The molecule has 0 saturated carbocycles. The molecule has 5 nitrogen and oxygen atoms in total. The third-order valence-electron chi connectivity index (χ3n) is 2.20. The Labute approximate surface area is 107 Å². The topological polar surface area (TPSA) is 87.7 Å². The van der Waals surface area contributed by atoms with Crippen molar-refractivity contribution in [1.29, 1.82) is 0 Å². The predicted molar refractivity (Wildman–Crippen MR) is 73.3 cm³/mol. The lowest BCUT2D eigenvalue weighted by Gasteiger charge is -2.04. The van der Waals surface area contributed by atoms with Gasteiger partial charge in [-0.15, -0.1) is 0 Å². The summed E-state index contributed by atoms with van der Waals surface area (Å²) in [6, 6.07) is -0.735. The van der Waals surface area contributed by atoms with Gasteiger partial charge in [0.15, 0.2) is 0 Å². The van der Waals surface area contributed by atoms with Crippen LogP contribution in [0.15, 0.2) is 4.99 Å². The second-order valence-electron chi connectivity index (χ2n) is 3.80. The quantitative estimate of drug-likeness (QED) is 0.228. The van der Waals surface area contributed by atoms with E-state index >= 15 is 0 Å². The number of carboxylic acid groups (broad SMARTS) is 1. The van der Waals surface area contributed by atoms with Crippen molar-refractivity contribution in [3.8, 4) is 0 Å². The standard InChI is InChI=1S/C11H23N3O2S/c1-2-3-8-17-14-9-13-7-5-4-6-10(12)11(15)16/h9-10H,2-8,12H2,1H3,(H,13,14)(H,15,16)/t10-/m1/s1. The Morgan fingerprint density at radius 1 is 1.53 bits per heavy atom. The van der Waals surface area contributed by atoms with Gasteiger partial charge in [0.1, 0.15) is 6.04 Å². The number of nitrogens with two attached hydrogens (primary N) is 1. The normalized spacial score (nSPS) is 12.8. The van der Waals surface area contributed by atoms with Crippen molar-refractivity contribution in [3.63, 3.8) is 0 Å². The van der Waals surface area contributed by atoms with Crippen LogP contribution in [0, 0.1) is 0 Å². The Bertz CT molecular complexity index is 225. The predicted octanol–water partition coefficient (Wildman–Crippen LogP) is 1.63. The molecular weight excluding hydrogens is 238 g/mol. The summed E-state index contributed by atoms with van der Waals surface area (Å²) in [6.45, 7) is 2.88. The van der Waals surface area contributed by atoms with Crippen LogP contribution < -0.4 is 10.5 Å². The van der Waals surface area contributed by atoms with E-state index in [2.05, 4.69) is 16.6 Å². The number of hydrogen-bond acceptors (Lipinski definition) is 4. The summed E-state index contributed by atoms with van der Waals surface area (Å²) in [5, 5.41) is 8.56. The molecule has 0 aromatic carbocycles. The smallest absolute Gasteiger partial charge is 0.320 e. The minimum Gasteiger partial charge on any atom is -0.480 e. The number of aliphatic imine (C=N–C) groups is 1. The highest BCUT2D eigenvalue weighted by atomic mass is 32.2. The molecule has 0 aliphatic heterocycles. The van der Waals surface area contributed by atoms with E-state index in [0.717, 1.165) is 18.6 Å². The molecule has 0 aromatic rings. The van der Waals surface area contributed by atoms with Gasteiger partial charge in [-0.1, -0.05) is 25.3 Å². The molecule has 0 saturated heterocycles. The fourth-order valence-electron chi connectivity index (χ4n) is 1.11. The molecule has 0 bridgehead atoms. The van der Waals surface area contributed by atoms with Gasteiger partial charge in [-0.05, 0) is 25.7 Å². The number of carbonyl (C=O) groups is 1. The molecule has 0 aliphatic rings. The lowest BCUT2D eigenvalue weighted by molar-refractivity contribution is -0.138. The number of nitrogens with zero attached hydrogens (tertiary/aromatic N) is 1. The third-order valence-corrected chi connectivity index (χ3v) is 2.96. The van der Waals surface area contributed by atoms with Gasteiger partial charge in [-0.3, -0.25) is 9.79 Å². The van der Waals surface area contributed by atoms with Crippen LogP contribution in [0.1, 0.15) is 39.0 Å². The van der Waals surface area contributed by atoms with Crippen LogP contribution in [-0.4, -0.2) is 35.8 Å². The third kappa shape index (κ3) is 11.5. The highest BCUT2D eigenvalue weighted by Crippen LogP contribution is 2.00. The fourth-order valence-corrected chi connectivity index (χ4v) is 1.81. The zero-order valence-electron chi connectivity index (χ0n) is 10.4. The summed E-state index contributed by atoms with van der Waals surface area (Å²) >= 11 is 1.65. The molecular formula is C11H23N3O2S. The van der Waals surface area contributed by atoms with Crippen molar-refractivity contribution in [2.45, 2.75) is 45.1 Å². The second-order valence-corrected chi connectivity index (χ2v) is 4.73. The highest BCUT2D eigenvalue weighted by molar-refractivity contribution is 7.97. The van der Waals surface area contributed by atoms with Crippen LogP contribution in [0.5, 0.6) is 0 Å². The Kier molecular flexibility index (Phi) is 11.2. The number of aliphatic carboxylic acids is 1. The summed E-state index contributed by atoms with van der Waals surface area (Å²) in [7, 11) is 0. The van der Waals surface area contributed by atoms with Crippen molar-refractivity contribution < 1.29 is 9.90 Å². The zero-order chi connectivity index (χ0) is 12.9. The summed E-state index contributed by atoms with van der Waals surface area (Å²) in [4.78, 5) is 14.6. The van der Waals surface area contributed by atoms with Crippen LogP contribution in [-0.2, 0) is 4.79 Å². The molecule has 0 amide bonds. The lowest BCUT2D eigenvalue weighted by atomic mass is 10.1. The van der Waals surface area contributed by atoms with Gasteiger partial charge >= 0.3 is 5.97 Å². The van der Waals surface area contributed by atoms with E-state index < -0.39 is 12.0 Å². The van der Waals surface area contributed by atoms with Gasteiger partial charge in [0.25, 0.3) is 0 Å². The summed E-state index contributed by atoms with van der Waals surface area (Å²) < 4.78 is 3.04. The largest absolute Gasteiger partial charge is 0.480 e. The van der Waals surface area contributed by atoms with E-state index in [-0.39, 0.29) is 0 Å². The van der Waals surface area contributed by atoms with Gasteiger partial charge in [0.05, 0.1) is 6.34 Å². The van der Waals surface area contributed by atoms with Crippen molar-refractivity contribution in [1.82, 2.24) is 4.72 Å². The Hall–Kier alpha value is -0.750. The van der Waals surface area contributed by atoms with E-state index in [1.807, 2.05) is 0 Å². The second kappa shape index (κ2) is 11.7. The maximum absolute atomic E-state index is 10.4. The number of nitrogens with one attached hydrogen (secondary N) is 1. The first kappa shape index (κ1) is 16.2. The molecule has 17 heavy (non-hydrogen) atoms. The first-order valence-electron chi connectivity index (χ1n) is 6.02. The van der Waals surface area contributed by atoms with Gasteiger partial charge < -0.3 is 15.6 Å². The van der Waals surface area contributed by atoms with E-state index in [0.29, 0.717) is 13.0 Å². The molecule has 0 rings (SSSR count). The van der Waals surface area contributed by atoms with Crippen LogP contribution >= 0.6 is 11.9 Å². The molecule has 0 unspecified atom stereocenters. The van der Waals surface area contributed by atoms with E-state index in [9.17, 15) is 4.79 Å². The summed E-state index contributed by atoms with van der Waals surface area (Å²) in [5.41, 5.74) is 5.37. The zero-order valence-corrected chi connectivity index (χ0v) is 11.2. The molecule has 0 aliphatic carbocycles. The lowest BCUT2D eigenvalue weighted by Crippen LogP contribution is -2.29. The van der Waals surface area contributed by atoms with Crippen LogP contribution in [0.25, 0.3) is 0 Å². The highest BCUT2D eigenvalue weighted by Gasteiger charge is 2.09. The summed E-state index contributed by atoms with van der Waals surface area (Å²) in [5.74, 6) is 0.165. The summed E-state index contributed by atoms with van der Waals surface area (Å²) in [6.07, 6.45) is 6.31. The molecule has 0 fully saturated rings. The minimum absolute atomic E-state index is 0.517. The maximum atomic E-state index is 10.4. The number of unbranched alkanes of at least 4 members (excludes halogenated alkanes) is 2. The molecule has 0 heterocycles. The molecule has 0 radical (unpaired) electrons. The van der Waals surface area contributed by atoms with E-state index in [1.165, 1.54) is 12.8 Å². The number of hydrogen-bond donors (Lipinski definition) is 3. The fraction of sp³-hybridized carbons (Fsp3) is 0.818. The van der Waals surface area contributed by atoms with Crippen LogP contribution in [0.4, 0.5) is 0 Å². The van der Waals surface area contributed by atoms with Gasteiger partial charge in [0, 0.05) is 12.3 Å². The first-order valence-corrected chi connectivity index (χ1v) is 7.01. The molecule has 6 heteroatoms. The first-order chi connectivity index (χ1) is 8.18. The molecule has 0 spiro atoms. The Balaban J connectivity index is 3.22. The van der Waals surface area contributed by atoms with Crippen molar-refractivity contribution in [2.75, 3.05) is 12.3 Å². The average Bonchev–Trinajstić information content (AvgIpc) is 2.31. The molecule has 4 N–H and O–H groups in total. The molecule has 100 valence electrons.